The highest BCUT2D eigenvalue weighted by atomic mass is 32.2. The van der Waals surface area contributed by atoms with E-state index in [4.69, 9.17) is 4.74 Å². The van der Waals surface area contributed by atoms with E-state index < -0.39 is 0 Å². The molecule has 0 aromatic rings. The van der Waals surface area contributed by atoms with Gasteiger partial charge in [0.1, 0.15) is 0 Å². The summed E-state index contributed by atoms with van der Waals surface area (Å²) >= 11 is 1.82. The van der Waals surface area contributed by atoms with Gasteiger partial charge in [-0.05, 0) is 12.7 Å². The van der Waals surface area contributed by atoms with E-state index in [9.17, 15) is 4.79 Å². The number of hydrogen-bond acceptors (Lipinski definition) is 4. The summed E-state index contributed by atoms with van der Waals surface area (Å²) in [5.74, 6) is 0.0550. The van der Waals surface area contributed by atoms with E-state index in [0.717, 1.165) is 13.0 Å². The third-order valence-corrected chi connectivity index (χ3v) is 3.08. The zero-order valence-corrected chi connectivity index (χ0v) is 10.7. The second-order valence-electron chi connectivity index (χ2n) is 3.35. The lowest BCUT2D eigenvalue weighted by Gasteiger charge is -2.09. The fourth-order valence-corrected chi connectivity index (χ4v) is 1.32. The predicted molar refractivity (Wildman–Crippen MR) is 65.3 cm³/mol. The average molecular weight is 234 g/mol. The van der Waals surface area contributed by atoms with Crippen LogP contribution in [0, 0.1) is 0 Å². The van der Waals surface area contributed by atoms with Crippen LogP contribution in [-0.4, -0.2) is 50.8 Å². The monoisotopic (exact) mass is 234 g/mol. The van der Waals surface area contributed by atoms with E-state index >= 15 is 0 Å². The molecular weight excluding hydrogens is 212 g/mol. The van der Waals surface area contributed by atoms with Gasteiger partial charge in [-0.25, -0.2) is 0 Å². The van der Waals surface area contributed by atoms with Gasteiger partial charge in [-0.3, -0.25) is 4.79 Å². The molecule has 0 heterocycles. The molecule has 0 saturated carbocycles. The van der Waals surface area contributed by atoms with Gasteiger partial charge in [-0.1, -0.05) is 6.92 Å². The third kappa shape index (κ3) is 10.0. The normalized spacial score (nSPS) is 12.5. The van der Waals surface area contributed by atoms with E-state index in [0.29, 0.717) is 24.9 Å². The van der Waals surface area contributed by atoms with Crippen LogP contribution < -0.4 is 10.6 Å². The van der Waals surface area contributed by atoms with Gasteiger partial charge in [-0.2, -0.15) is 11.8 Å². The van der Waals surface area contributed by atoms with Crippen LogP contribution in [0.25, 0.3) is 0 Å². The third-order valence-electron chi connectivity index (χ3n) is 2.04. The molecule has 0 aromatic heterocycles. The first-order valence-corrected chi connectivity index (χ1v) is 6.48. The maximum Gasteiger partial charge on any atom is 0.233 e. The molecule has 0 bridgehead atoms. The highest BCUT2D eigenvalue weighted by molar-refractivity contribution is 7.99. The number of nitrogens with one attached hydrogen (secondary N) is 2. The van der Waals surface area contributed by atoms with Gasteiger partial charge in [0.05, 0.1) is 13.2 Å². The van der Waals surface area contributed by atoms with Crippen molar-refractivity contribution in [2.24, 2.45) is 0 Å². The van der Waals surface area contributed by atoms with Crippen molar-refractivity contribution in [1.29, 1.82) is 0 Å². The Hall–Kier alpha value is -0.260. The van der Waals surface area contributed by atoms with Crippen LogP contribution in [-0.2, 0) is 9.53 Å². The molecule has 0 aliphatic carbocycles. The zero-order valence-electron chi connectivity index (χ0n) is 9.84. The van der Waals surface area contributed by atoms with E-state index in [-0.39, 0.29) is 5.91 Å². The highest BCUT2D eigenvalue weighted by Crippen LogP contribution is 2.07. The molecule has 0 spiro atoms. The molecule has 0 aromatic carbocycles. The van der Waals surface area contributed by atoms with E-state index in [2.05, 4.69) is 23.8 Å². The predicted octanol–water partition coefficient (Wildman–Crippen LogP) is 0.480. The second kappa shape index (κ2) is 10.3. The van der Waals surface area contributed by atoms with Crippen molar-refractivity contribution in [3.63, 3.8) is 0 Å². The van der Waals surface area contributed by atoms with Gasteiger partial charge in [0, 0.05) is 25.4 Å². The molecule has 90 valence electrons. The summed E-state index contributed by atoms with van der Waals surface area (Å²) in [4.78, 5) is 11.3. The van der Waals surface area contributed by atoms with Crippen LogP contribution in [0.4, 0.5) is 0 Å². The molecule has 1 amide bonds. The summed E-state index contributed by atoms with van der Waals surface area (Å²) in [5, 5.41) is 6.47. The number of methoxy groups -OCH3 is 1. The summed E-state index contributed by atoms with van der Waals surface area (Å²) in [7, 11) is 1.64. The molecule has 2 N–H and O–H groups in total. The minimum atomic E-state index is 0.0550. The molecule has 0 rings (SSSR count). The van der Waals surface area contributed by atoms with Crippen molar-refractivity contribution >= 4 is 17.7 Å². The Morgan fingerprint density at radius 3 is 2.80 bits per heavy atom. The first kappa shape index (κ1) is 14.7. The molecular formula is C10H22N2O2S. The smallest absolute Gasteiger partial charge is 0.233 e. The highest BCUT2D eigenvalue weighted by Gasteiger charge is 2.02. The van der Waals surface area contributed by atoms with Gasteiger partial charge in [0.15, 0.2) is 0 Å². The fourth-order valence-electron chi connectivity index (χ4n) is 0.971. The second-order valence-corrected chi connectivity index (χ2v) is 4.63. The molecule has 1 unspecified atom stereocenters. The minimum absolute atomic E-state index is 0.0550. The Labute approximate surface area is 96.5 Å². The number of rotatable bonds is 9. The van der Waals surface area contributed by atoms with Crippen LogP contribution in [0.1, 0.15) is 13.3 Å². The molecule has 0 saturated heterocycles. The van der Waals surface area contributed by atoms with Gasteiger partial charge in [0.25, 0.3) is 0 Å². The molecule has 1 atom stereocenters. The maximum atomic E-state index is 11.3. The van der Waals surface area contributed by atoms with E-state index in [1.54, 1.807) is 7.11 Å². The first-order valence-electron chi connectivity index (χ1n) is 5.19. The molecule has 0 aliphatic heterocycles. The summed E-state index contributed by atoms with van der Waals surface area (Å²) in [6.07, 6.45) is 3.10. The lowest BCUT2D eigenvalue weighted by Crippen LogP contribution is -2.36. The van der Waals surface area contributed by atoms with Gasteiger partial charge in [0.2, 0.25) is 5.91 Å². The van der Waals surface area contributed by atoms with Gasteiger partial charge in [-0.15, -0.1) is 0 Å². The van der Waals surface area contributed by atoms with Crippen LogP contribution >= 0.6 is 11.8 Å². The Morgan fingerprint density at radius 1 is 1.47 bits per heavy atom. The SMILES string of the molecule is COCCNCC(=O)NCCC(C)SC. The minimum Gasteiger partial charge on any atom is -0.383 e. The lowest BCUT2D eigenvalue weighted by atomic mass is 10.3. The summed E-state index contributed by atoms with van der Waals surface area (Å²) < 4.78 is 4.85. The topological polar surface area (TPSA) is 50.4 Å². The molecule has 4 nitrogen and oxygen atoms in total. The zero-order chi connectivity index (χ0) is 11.5. The number of hydrogen-bond donors (Lipinski definition) is 2. The van der Waals surface area contributed by atoms with Crippen LogP contribution in [0.3, 0.4) is 0 Å². The molecule has 5 heteroatoms. The Bertz CT molecular complexity index is 168. The number of thioether (sulfide) groups is 1. The lowest BCUT2D eigenvalue weighted by molar-refractivity contribution is -0.120. The van der Waals surface area contributed by atoms with E-state index in [1.165, 1.54) is 0 Å². The van der Waals surface area contributed by atoms with Crippen LogP contribution in [0.2, 0.25) is 0 Å². The number of carbonyl (C=O) groups is 1. The average Bonchev–Trinajstić information content (AvgIpc) is 2.24. The Kier molecular flexibility index (Phi) is 10.1. The quantitative estimate of drug-likeness (QED) is 0.570. The van der Waals surface area contributed by atoms with Crippen molar-refractivity contribution in [3.8, 4) is 0 Å². The largest absolute Gasteiger partial charge is 0.383 e. The maximum absolute atomic E-state index is 11.3. The van der Waals surface area contributed by atoms with E-state index in [1.807, 2.05) is 11.8 Å². The van der Waals surface area contributed by atoms with Gasteiger partial charge < -0.3 is 15.4 Å². The number of carbonyl (C=O) groups excluding carboxylic acids is 1. The summed E-state index contributed by atoms with van der Waals surface area (Å²) in [6.45, 7) is 4.64. The molecule has 0 fully saturated rings. The molecule has 15 heavy (non-hydrogen) atoms. The summed E-state index contributed by atoms with van der Waals surface area (Å²) in [6, 6.07) is 0. The van der Waals surface area contributed by atoms with Crippen molar-refractivity contribution in [2.45, 2.75) is 18.6 Å². The Morgan fingerprint density at radius 2 is 2.20 bits per heavy atom. The summed E-state index contributed by atoms with van der Waals surface area (Å²) in [5.41, 5.74) is 0. The molecule has 0 aliphatic rings. The Balaban J connectivity index is 3.26. The van der Waals surface area contributed by atoms with Crippen LogP contribution in [0.15, 0.2) is 0 Å². The molecule has 0 radical (unpaired) electrons. The van der Waals surface area contributed by atoms with Crippen molar-refractivity contribution < 1.29 is 9.53 Å². The van der Waals surface area contributed by atoms with Crippen molar-refractivity contribution in [1.82, 2.24) is 10.6 Å². The van der Waals surface area contributed by atoms with Gasteiger partial charge >= 0.3 is 0 Å². The standard InChI is InChI=1S/C10H22N2O2S/c1-9(15-3)4-5-12-10(13)8-11-6-7-14-2/h9,11H,4-8H2,1-3H3,(H,12,13). The first-order chi connectivity index (χ1) is 7.20. The van der Waals surface area contributed by atoms with Crippen molar-refractivity contribution in [2.75, 3.05) is 39.6 Å². The number of amides is 1. The number of ether oxygens (including phenoxy) is 1. The van der Waals surface area contributed by atoms with Crippen molar-refractivity contribution in [3.05, 3.63) is 0 Å². The fraction of sp³-hybridized carbons (Fsp3) is 0.900. The van der Waals surface area contributed by atoms with Crippen LogP contribution in [0.5, 0.6) is 0 Å².